The van der Waals surface area contributed by atoms with Crippen molar-refractivity contribution in [1.82, 2.24) is 0 Å². The molecule has 0 unspecified atom stereocenters. The van der Waals surface area contributed by atoms with Crippen molar-refractivity contribution in [3.05, 3.63) is 34.6 Å². The predicted octanol–water partition coefficient (Wildman–Crippen LogP) is 0.872. The molecule has 4 nitrogen and oxygen atoms in total. The highest BCUT2D eigenvalue weighted by atomic mass is 19.1. The fourth-order valence-corrected chi connectivity index (χ4v) is 1.36. The second kappa shape index (κ2) is 5.24. The van der Waals surface area contributed by atoms with E-state index in [0.717, 1.165) is 0 Å². The normalized spacial score (nSPS) is 9.62. The molecule has 1 aromatic rings. The third-order valence-corrected chi connectivity index (χ3v) is 2.23. The molecule has 1 aromatic carbocycles. The number of rotatable bonds is 3. The smallest absolute Gasteiger partial charge is 0.309 e. The van der Waals surface area contributed by atoms with Crippen molar-refractivity contribution >= 4 is 5.97 Å². The number of carbonyl (C=O) groups excluding carboxylic acids is 1. The molecule has 0 spiro atoms. The highest BCUT2D eigenvalue weighted by molar-refractivity contribution is 5.73. The van der Waals surface area contributed by atoms with E-state index in [1.54, 1.807) is 6.07 Å². The van der Waals surface area contributed by atoms with Gasteiger partial charge in [0.05, 0.1) is 19.1 Å². The van der Waals surface area contributed by atoms with E-state index in [1.807, 2.05) is 0 Å². The third-order valence-electron chi connectivity index (χ3n) is 2.23. The molecule has 84 valence electrons. The minimum Gasteiger partial charge on any atom is -0.469 e. The topological polar surface area (TPSA) is 76.1 Å². The third kappa shape index (κ3) is 2.35. The second-order valence-electron chi connectivity index (χ2n) is 3.13. The van der Waals surface area contributed by atoms with Crippen LogP contribution in [0.15, 0.2) is 12.1 Å². The molecule has 0 aliphatic heterocycles. The van der Waals surface area contributed by atoms with E-state index in [1.165, 1.54) is 19.2 Å². The van der Waals surface area contributed by atoms with Crippen LogP contribution in [0.25, 0.3) is 0 Å². The van der Waals surface area contributed by atoms with Gasteiger partial charge in [-0.1, -0.05) is 6.07 Å². The summed E-state index contributed by atoms with van der Waals surface area (Å²) < 4.78 is 18.1. The van der Waals surface area contributed by atoms with Crippen LogP contribution in [-0.2, 0) is 22.5 Å². The van der Waals surface area contributed by atoms with Gasteiger partial charge in [0.1, 0.15) is 11.9 Å². The average Bonchev–Trinajstić information content (AvgIpc) is 2.29. The lowest BCUT2D eigenvalue weighted by Crippen LogP contribution is -2.11. The van der Waals surface area contributed by atoms with E-state index >= 15 is 0 Å². The predicted molar refractivity (Wildman–Crippen MR) is 54.7 cm³/mol. The van der Waals surface area contributed by atoms with Gasteiger partial charge in [0.15, 0.2) is 0 Å². The van der Waals surface area contributed by atoms with Crippen LogP contribution in [0.4, 0.5) is 4.39 Å². The lowest BCUT2D eigenvalue weighted by atomic mass is 10.0. The Kier molecular flexibility index (Phi) is 3.97. The quantitative estimate of drug-likeness (QED) is 0.770. The number of nitrogens with two attached hydrogens (primary N) is 1. The van der Waals surface area contributed by atoms with Gasteiger partial charge in [-0.2, -0.15) is 5.26 Å². The van der Waals surface area contributed by atoms with Crippen LogP contribution in [0.2, 0.25) is 0 Å². The number of methoxy groups -OCH3 is 1. The van der Waals surface area contributed by atoms with Gasteiger partial charge in [0.25, 0.3) is 0 Å². The molecule has 0 fully saturated rings. The van der Waals surface area contributed by atoms with Gasteiger partial charge in [0.2, 0.25) is 0 Å². The van der Waals surface area contributed by atoms with Crippen LogP contribution in [-0.4, -0.2) is 13.1 Å². The fourth-order valence-electron chi connectivity index (χ4n) is 1.36. The lowest BCUT2D eigenvalue weighted by molar-refractivity contribution is -0.139. The van der Waals surface area contributed by atoms with Gasteiger partial charge in [-0.05, 0) is 11.6 Å². The van der Waals surface area contributed by atoms with E-state index in [-0.39, 0.29) is 24.1 Å². The van der Waals surface area contributed by atoms with Crippen molar-refractivity contribution < 1.29 is 13.9 Å². The molecule has 0 saturated carbocycles. The first-order valence-corrected chi connectivity index (χ1v) is 4.61. The van der Waals surface area contributed by atoms with Gasteiger partial charge in [-0.25, -0.2) is 4.39 Å². The number of esters is 1. The molecule has 1 rings (SSSR count). The van der Waals surface area contributed by atoms with Crippen molar-refractivity contribution in [1.29, 1.82) is 5.26 Å². The lowest BCUT2D eigenvalue weighted by Gasteiger charge is -2.08. The maximum Gasteiger partial charge on any atom is 0.309 e. The Labute approximate surface area is 92.4 Å². The first-order chi connectivity index (χ1) is 7.63. The Morgan fingerprint density at radius 2 is 2.31 bits per heavy atom. The minimum absolute atomic E-state index is 0.0499. The molecule has 0 heterocycles. The van der Waals surface area contributed by atoms with Crippen molar-refractivity contribution in [3.63, 3.8) is 0 Å². The molecule has 16 heavy (non-hydrogen) atoms. The van der Waals surface area contributed by atoms with Gasteiger partial charge in [-0.3, -0.25) is 4.79 Å². The summed E-state index contributed by atoms with van der Waals surface area (Å²) in [6.07, 6.45) is -0.0499. The molecule has 2 N–H and O–H groups in total. The van der Waals surface area contributed by atoms with Crippen LogP contribution in [0.3, 0.4) is 0 Å². The number of halogens is 1. The Balaban J connectivity index is 3.17. The van der Waals surface area contributed by atoms with Crippen molar-refractivity contribution in [2.75, 3.05) is 7.11 Å². The standard InChI is InChI=1S/C11H11FN2O2/c1-16-10(15)4-7-2-3-8(5-13)11(12)9(7)6-14/h2-3H,4,6,14H2,1H3. The summed E-state index contributed by atoms with van der Waals surface area (Å²) in [6.45, 7) is -0.0618. The van der Waals surface area contributed by atoms with Crippen LogP contribution in [0, 0.1) is 17.1 Å². The summed E-state index contributed by atoms with van der Waals surface area (Å²) >= 11 is 0. The summed E-state index contributed by atoms with van der Waals surface area (Å²) in [5.74, 6) is -1.13. The number of nitrogens with zero attached hydrogens (tertiary/aromatic N) is 1. The summed E-state index contributed by atoms with van der Waals surface area (Å²) in [6, 6.07) is 4.56. The second-order valence-corrected chi connectivity index (χ2v) is 3.13. The Hall–Kier alpha value is -1.93. The maximum atomic E-state index is 13.6. The molecule has 0 amide bonds. The zero-order valence-electron chi connectivity index (χ0n) is 8.79. The number of nitriles is 1. The van der Waals surface area contributed by atoms with Crippen molar-refractivity contribution in [2.24, 2.45) is 5.73 Å². The number of ether oxygens (including phenoxy) is 1. The molecule has 0 radical (unpaired) electrons. The molecule has 0 saturated heterocycles. The largest absolute Gasteiger partial charge is 0.469 e. The summed E-state index contributed by atoms with van der Waals surface area (Å²) in [7, 11) is 1.25. The zero-order valence-corrected chi connectivity index (χ0v) is 8.79. The Morgan fingerprint density at radius 1 is 1.62 bits per heavy atom. The monoisotopic (exact) mass is 222 g/mol. The summed E-state index contributed by atoms with van der Waals surface area (Å²) in [5.41, 5.74) is 5.95. The van der Waals surface area contributed by atoms with E-state index in [9.17, 15) is 9.18 Å². The average molecular weight is 222 g/mol. The molecule has 0 aromatic heterocycles. The van der Waals surface area contributed by atoms with Crippen LogP contribution in [0.1, 0.15) is 16.7 Å². The molecular formula is C11H11FN2O2. The van der Waals surface area contributed by atoms with E-state index in [2.05, 4.69) is 4.74 Å². The van der Waals surface area contributed by atoms with E-state index in [0.29, 0.717) is 5.56 Å². The number of carbonyl (C=O) groups is 1. The van der Waals surface area contributed by atoms with Crippen LogP contribution < -0.4 is 5.73 Å². The van der Waals surface area contributed by atoms with Crippen LogP contribution >= 0.6 is 0 Å². The first kappa shape index (κ1) is 12.1. The molecule has 0 aliphatic carbocycles. The molecule has 0 aliphatic rings. The minimum atomic E-state index is -0.661. The maximum absolute atomic E-state index is 13.6. The number of hydrogen-bond acceptors (Lipinski definition) is 4. The summed E-state index contributed by atoms with van der Waals surface area (Å²) in [5, 5.41) is 8.63. The highest BCUT2D eigenvalue weighted by Gasteiger charge is 2.14. The molecule has 0 bridgehead atoms. The van der Waals surface area contributed by atoms with Crippen molar-refractivity contribution in [2.45, 2.75) is 13.0 Å². The molecule has 5 heteroatoms. The number of benzene rings is 1. The van der Waals surface area contributed by atoms with Gasteiger partial charge in [0, 0.05) is 12.1 Å². The molecule has 0 atom stereocenters. The summed E-state index contributed by atoms with van der Waals surface area (Å²) in [4.78, 5) is 11.1. The van der Waals surface area contributed by atoms with E-state index < -0.39 is 11.8 Å². The van der Waals surface area contributed by atoms with Crippen molar-refractivity contribution in [3.8, 4) is 6.07 Å². The van der Waals surface area contributed by atoms with E-state index in [4.69, 9.17) is 11.0 Å². The number of hydrogen-bond donors (Lipinski definition) is 1. The fraction of sp³-hybridized carbons (Fsp3) is 0.273. The molecular weight excluding hydrogens is 211 g/mol. The van der Waals surface area contributed by atoms with Gasteiger partial charge >= 0.3 is 5.97 Å². The Morgan fingerprint density at radius 3 is 2.81 bits per heavy atom. The van der Waals surface area contributed by atoms with Gasteiger partial charge < -0.3 is 10.5 Å². The SMILES string of the molecule is COC(=O)Cc1ccc(C#N)c(F)c1CN. The Bertz CT molecular complexity index is 452. The van der Waals surface area contributed by atoms with Crippen LogP contribution in [0.5, 0.6) is 0 Å². The highest BCUT2D eigenvalue weighted by Crippen LogP contribution is 2.18. The first-order valence-electron chi connectivity index (χ1n) is 4.61. The van der Waals surface area contributed by atoms with Gasteiger partial charge in [-0.15, -0.1) is 0 Å². The zero-order chi connectivity index (χ0) is 12.1.